The van der Waals surface area contributed by atoms with E-state index < -0.39 is 16.1 Å². The Morgan fingerprint density at radius 3 is 2.48 bits per heavy atom. The maximum Gasteiger partial charge on any atom is 0.269 e. The molecule has 27 heavy (non-hydrogen) atoms. The smallest absolute Gasteiger partial charge is 0.269 e. The molecule has 0 saturated carbocycles. The molecule has 2 aromatic carbocycles. The van der Waals surface area contributed by atoms with Crippen molar-refractivity contribution in [1.82, 2.24) is 4.72 Å². The molecule has 1 atom stereocenters. The standard InChI is InChI=1S/C18H19N3O5S/c1-12(22)20-13-7-9-14(10-8-13)27(24,25)19-11-17-18(23)21(2)15-5-3-4-6-16(15)26-17/h3-10,17,19H,11H2,1-2H3,(H,20,22). The minimum absolute atomic E-state index is 0.0219. The van der Waals surface area contributed by atoms with Crippen molar-refractivity contribution in [1.29, 1.82) is 0 Å². The molecule has 0 fully saturated rings. The summed E-state index contributed by atoms with van der Waals surface area (Å²) in [7, 11) is -2.22. The van der Waals surface area contributed by atoms with Crippen molar-refractivity contribution in [3.8, 4) is 5.75 Å². The van der Waals surface area contributed by atoms with E-state index >= 15 is 0 Å². The average molecular weight is 389 g/mol. The topological polar surface area (TPSA) is 105 Å². The first-order valence-electron chi connectivity index (χ1n) is 8.18. The van der Waals surface area contributed by atoms with Gasteiger partial charge in [0, 0.05) is 19.7 Å². The lowest BCUT2D eigenvalue weighted by molar-refractivity contribution is -0.125. The Labute approximate surface area is 157 Å². The Bertz CT molecular complexity index is 973. The van der Waals surface area contributed by atoms with Crippen LogP contribution in [0, 0.1) is 0 Å². The Kier molecular flexibility index (Phi) is 5.15. The number of benzene rings is 2. The molecule has 1 heterocycles. The van der Waals surface area contributed by atoms with Crippen LogP contribution in [0.25, 0.3) is 0 Å². The number of carbonyl (C=O) groups excluding carboxylic acids is 2. The van der Waals surface area contributed by atoms with E-state index in [1.54, 1.807) is 31.3 Å². The number of nitrogens with zero attached hydrogens (tertiary/aromatic N) is 1. The summed E-state index contributed by atoms with van der Waals surface area (Å²) in [4.78, 5) is 24.9. The zero-order chi connectivity index (χ0) is 19.6. The summed E-state index contributed by atoms with van der Waals surface area (Å²) in [5.41, 5.74) is 1.13. The predicted octanol–water partition coefficient (Wildman–Crippen LogP) is 1.35. The number of fused-ring (bicyclic) bond motifs is 1. The first-order valence-corrected chi connectivity index (χ1v) is 9.67. The Hall–Kier alpha value is -2.91. The Morgan fingerprint density at radius 2 is 1.81 bits per heavy atom. The largest absolute Gasteiger partial charge is 0.477 e. The first kappa shape index (κ1) is 18.9. The number of nitrogens with one attached hydrogen (secondary N) is 2. The van der Waals surface area contributed by atoms with Crippen LogP contribution in [0.1, 0.15) is 6.92 Å². The number of para-hydroxylation sites is 2. The van der Waals surface area contributed by atoms with Crippen molar-refractivity contribution in [2.24, 2.45) is 0 Å². The molecule has 9 heteroatoms. The number of likely N-dealkylation sites (N-methyl/N-ethyl adjacent to an activating group) is 1. The number of carbonyl (C=O) groups is 2. The molecule has 0 saturated heterocycles. The highest BCUT2D eigenvalue weighted by molar-refractivity contribution is 7.89. The highest BCUT2D eigenvalue weighted by Gasteiger charge is 2.33. The molecule has 2 amide bonds. The van der Waals surface area contributed by atoms with Crippen LogP contribution < -0.4 is 19.7 Å². The highest BCUT2D eigenvalue weighted by atomic mass is 32.2. The van der Waals surface area contributed by atoms with Gasteiger partial charge in [0.2, 0.25) is 15.9 Å². The Balaban J connectivity index is 1.70. The summed E-state index contributed by atoms with van der Waals surface area (Å²) in [5, 5.41) is 2.56. The van der Waals surface area contributed by atoms with Gasteiger partial charge < -0.3 is 15.0 Å². The zero-order valence-corrected chi connectivity index (χ0v) is 15.6. The second-order valence-electron chi connectivity index (χ2n) is 6.03. The van der Waals surface area contributed by atoms with Crippen LogP contribution in [-0.4, -0.2) is 39.9 Å². The van der Waals surface area contributed by atoms with Gasteiger partial charge in [0.1, 0.15) is 5.75 Å². The fourth-order valence-electron chi connectivity index (χ4n) is 2.69. The van der Waals surface area contributed by atoms with Crippen molar-refractivity contribution in [3.05, 3.63) is 48.5 Å². The summed E-state index contributed by atoms with van der Waals surface area (Å²) in [5.74, 6) is -0.0676. The number of rotatable bonds is 5. The lowest BCUT2D eigenvalue weighted by Crippen LogP contribution is -2.49. The van der Waals surface area contributed by atoms with E-state index in [-0.39, 0.29) is 23.3 Å². The molecule has 0 aromatic heterocycles. The number of anilines is 2. The first-order chi connectivity index (χ1) is 12.8. The quantitative estimate of drug-likeness (QED) is 0.803. The fraction of sp³-hybridized carbons (Fsp3) is 0.222. The molecule has 142 valence electrons. The van der Waals surface area contributed by atoms with Gasteiger partial charge >= 0.3 is 0 Å². The normalized spacial score (nSPS) is 16.4. The molecule has 0 bridgehead atoms. The summed E-state index contributed by atoms with van der Waals surface area (Å²) in [6.45, 7) is 1.16. The Morgan fingerprint density at radius 1 is 1.15 bits per heavy atom. The van der Waals surface area contributed by atoms with Gasteiger partial charge in [-0.05, 0) is 36.4 Å². The fourth-order valence-corrected chi connectivity index (χ4v) is 3.72. The van der Waals surface area contributed by atoms with E-state index in [1.165, 1.54) is 36.1 Å². The van der Waals surface area contributed by atoms with Crippen molar-refractivity contribution in [3.63, 3.8) is 0 Å². The molecule has 0 aliphatic carbocycles. The van der Waals surface area contributed by atoms with Crippen molar-refractivity contribution < 1.29 is 22.7 Å². The van der Waals surface area contributed by atoms with Gasteiger partial charge in [-0.15, -0.1) is 0 Å². The van der Waals surface area contributed by atoms with Gasteiger partial charge in [0.05, 0.1) is 17.1 Å². The van der Waals surface area contributed by atoms with Crippen molar-refractivity contribution >= 4 is 33.2 Å². The number of amides is 2. The van der Waals surface area contributed by atoms with E-state index in [0.29, 0.717) is 17.1 Å². The van der Waals surface area contributed by atoms with Crippen LogP contribution in [0.15, 0.2) is 53.4 Å². The van der Waals surface area contributed by atoms with E-state index in [9.17, 15) is 18.0 Å². The van der Waals surface area contributed by atoms with Crippen LogP contribution in [0.2, 0.25) is 0 Å². The third-order valence-electron chi connectivity index (χ3n) is 4.05. The van der Waals surface area contributed by atoms with E-state index in [2.05, 4.69) is 10.0 Å². The van der Waals surface area contributed by atoms with Crippen LogP contribution in [-0.2, 0) is 19.6 Å². The van der Waals surface area contributed by atoms with Crippen LogP contribution >= 0.6 is 0 Å². The number of ether oxygens (including phenoxy) is 1. The predicted molar refractivity (Wildman–Crippen MR) is 100 cm³/mol. The second kappa shape index (κ2) is 7.37. The lowest BCUT2D eigenvalue weighted by Gasteiger charge is -2.31. The maximum atomic E-state index is 12.5. The average Bonchev–Trinajstić information content (AvgIpc) is 2.63. The second-order valence-corrected chi connectivity index (χ2v) is 7.80. The number of sulfonamides is 1. The molecule has 1 unspecified atom stereocenters. The molecule has 8 nitrogen and oxygen atoms in total. The summed E-state index contributed by atoms with van der Waals surface area (Å²) in [6, 6.07) is 12.8. The lowest BCUT2D eigenvalue weighted by atomic mass is 10.2. The molecular weight excluding hydrogens is 370 g/mol. The molecule has 1 aliphatic rings. The van der Waals surface area contributed by atoms with E-state index in [1.807, 2.05) is 0 Å². The minimum Gasteiger partial charge on any atom is -0.477 e. The number of hydrogen-bond donors (Lipinski definition) is 2. The van der Waals surface area contributed by atoms with Gasteiger partial charge in [0.25, 0.3) is 5.91 Å². The molecule has 2 aromatic rings. The van der Waals surface area contributed by atoms with Gasteiger partial charge in [-0.25, -0.2) is 13.1 Å². The van der Waals surface area contributed by atoms with Gasteiger partial charge in [-0.3, -0.25) is 9.59 Å². The van der Waals surface area contributed by atoms with Crippen LogP contribution in [0.4, 0.5) is 11.4 Å². The highest BCUT2D eigenvalue weighted by Crippen LogP contribution is 2.32. The zero-order valence-electron chi connectivity index (χ0n) is 14.8. The number of hydrogen-bond acceptors (Lipinski definition) is 5. The van der Waals surface area contributed by atoms with Gasteiger partial charge in [-0.2, -0.15) is 0 Å². The van der Waals surface area contributed by atoms with Crippen LogP contribution in [0.5, 0.6) is 5.75 Å². The van der Waals surface area contributed by atoms with Crippen LogP contribution in [0.3, 0.4) is 0 Å². The minimum atomic E-state index is -3.84. The third-order valence-corrected chi connectivity index (χ3v) is 5.49. The monoisotopic (exact) mass is 389 g/mol. The van der Waals surface area contributed by atoms with E-state index in [0.717, 1.165) is 0 Å². The van der Waals surface area contributed by atoms with E-state index in [4.69, 9.17) is 4.74 Å². The SMILES string of the molecule is CC(=O)Nc1ccc(S(=O)(=O)NCC2Oc3ccccc3N(C)C2=O)cc1. The molecule has 3 rings (SSSR count). The molecule has 2 N–H and O–H groups in total. The van der Waals surface area contributed by atoms with Gasteiger partial charge in [-0.1, -0.05) is 12.1 Å². The molecule has 1 aliphatic heterocycles. The maximum absolute atomic E-state index is 12.5. The summed E-state index contributed by atoms with van der Waals surface area (Å²) < 4.78 is 33.0. The summed E-state index contributed by atoms with van der Waals surface area (Å²) >= 11 is 0. The molecule has 0 radical (unpaired) electrons. The van der Waals surface area contributed by atoms with Crippen molar-refractivity contribution in [2.75, 3.05) is 23.8 Å². The third kappa shape index (κ3) is 4.09. The summed E-state index contributed by atoms with van der Waals surface area (Å²) in [6.07, 6.45) is -0.960. The van der Waals surface area contributed by atoms with Gasteiger partial charge in [0.15, 0.2) is 6.10 Å². The van der Waals surface area contributed by atoms with Crippen molar-refractivity contribution in [2.45, 2.75) is 17.9 Å². The molecule has 0 spiro atoms. The molecular formula is C18H19N3O5S.